The number of carbonyl (C=O) groups is 1. The van der Waals surface area contributed by atoms with Gasteiger partial charge in [0.05, 0.1) is 7.11 Å². The van der Waals surface area contributed by atoms with Gasteiger partial charge in [0.1, 0.15) is 5.75 Å². The summed E-state index contributed by atoms with van der Waals surface area (Å²) >= 11 is 0. The first-order chi connectivity index (χ1) is 8.10. The Balaban J connectivity index is 2.73. The Bertz CT molecular complexity index is 403. The summed E-state index contributed by atoms with van der Waals surface area (Å²) in [5, 5.41) is 0. The summed E-state index contributed by atoms with van der Waals surface area (Å²) in [5.74, 6) is 0.895. The molecule has 0 aliphatic carbocycles. The molecular weight excluding hydrogens is 216 g/mol. The molecule has 2 N–H and O–H groups in total. The predicted octanol–water partition coefficient (Wildman–Crippen LogP) is 1.50. The van der Waals surface area contributed by atoms with Crippen LogP contribution < -0.4 is 15.6 Å². The van der Waals surface area contributed by atoms with E-state index in [1.54, 1.807) is 14.2 Å². The molecule has 0 aromatic heterocycles. The molecule has 1 rings (SSSR count). The van der Waals surface area contributed by atoms with Gasteiger partial charge < -0.3 is 4.74 Å². The molecule has 0 radical (unpaired) electrons. The van der Waals surface area contributed by atoms with Crippen LogP contribution in [0.1, 0.15) is 23.1 Å². The van der Waals surface area contributed by atoms with E-state index in [4.69, 9.17) is 4.74 Å². The minimum absolute atomic E-state index is 0.000344. The van der Waals surface area contributed by atoms with Crippen LogP contribution in [-0.4, -0.2) is 20.1 Å². The highest BCUT2D eigenvalue weighted by molar-refractivity contribution is 5.75. The van der Waals surface area contributed by atoms with E-state index >= 15 is 0 Å². The third kappa shape index (κ3) is 3.46. The van der Waals surface area contributed by atoms with Gasteiger partial charge in [-0.1, -0.05) is 6.07 Å². The topological polar surface area (TPSA) is 50.4 Å². The maximum atomic E-state index is 11.3. The molecule has 4 heteroatoms. The molecule has 0 spiro atoms. The van der Waals surface area contributed by atoms with E-state index in [2.05, 4.69) is 17.8 Å². The van der Waals surface area contributed by atoms with E-state index in [0.717, 1.165) is 17.7 Å². The summed E-state index contributed by atoms with van der Waals surface area (Å²) in [6.45, 7) is 4.09. The zero-order chi connectivity index (χ0) is 12.8. The van der Waals surface area contributed by atoms with E-state index in [9.17, 15) is 4.79 Å². The van der Waals surface area contributed by atoms with Crippen LogP contribution in [-0.2, 0) is 11.2 Å². The van der Waals surface area contributed by atoms with Gasteiger partial charge >= 0.3 is 0 Å². The van der Waals surface area contributed by atoms with Gasteiger partial charge in [-0.05, 0) is 43.0 Å². The van der Waals surface area contributed by atoms with Crippen LogP contribution in [0.3, 0.4) is 0 Å². The molecular formula is C13H20N2O2. The molecule has 0 heterocycles. The fourth-order valence-electron chi connectivity index (χ4n) is 1.79. The number of nitrogens with one attached hydrogen (secondary N) is 2. The van der Waals surface area contributed by atoms with E-state index in [-0.39, 0.29) is 5.91 Å². The zero-order valence-electron chi connectivity index (χ0n) is 10.9. The van der Waals surface area contributed by atoms with Gasteiger partial charge in [0.25, 0.3) is 0 Å². The Labute approximate surface area is 102 Å². The fourth-order valence-corrected chi connectivity index (χ4v) is 1.79. The van der Waals surface area contributed by atoms with Crippen LogP contribution in [0.15, 0.2) is 12.1 Å². The van der Waals surface area contributed by atoms with Crippen molar-refractivity contribution in [1.82, 2.24) is 10.9 Å². The van der Waals surface area contributed by atoms with Gasteiger partial charge in [0, 0.05) is 13.5 Å². The zero-order valence-corrected chi connectivity index (χ0v) is 10.9. The Kier molecular flexibility index (Phi) is 4.97. The highest BCUT2D eigenvalue weighted by Gasteiger charge is 2.08. The highest BCUT2D eigenvalue weighted by Crippen LogP contribution is 2.24. The van der Waals surface area contributed by atoms with Gasteiger partial charge in [-0.3, -0.25) is 10.2 Å². The lowest BCUT2D eigenvalue weighted by atomic mass is 9.99. The van der Waals surface area contributed by atoms with Gasteiger partial charge in [-0.25, -0.2) is 5.43 Å². The molecule has 1 aromatic rings. The number of amides is 1. The number of benzene rings is 1. The standard InChI is InChI=1S/C13H20N2O2/c1-9-10(2)12(17-4)7-5-11(9)6-8-13(16)15-14-3/h5,7,14H,6,8H2,1-4H3,(H,15,16). The number of aryl methyl sites for hydroxylation is 1. The van der Waals surface area contributed by atoms with Crippen LogP contribution in [0.5, 0.6) is 5.75 Å². The highest BCUT2D eigenvalue weighted by atomic mass is 16.5. The molecule has 0 saturated heterocycles. The quantitative estimate of drug-likeness (QED) is 0.762. The molecule has 4 nitrogen and oxygen atoms in total. The number of ether oxygens (including phenoxy) is 1. The van der Waals surface area contributed by atoms with Crippen LogP contribution >= 0.6 is 0 Å². The number of hydrogen-bond donors (Lipinski definition) is 2. The lowest BCUT2D eigenvalue weighted by Crippen LogP contribution is -2.34. The normalized spacial score (nSPS) is 10.1. The van der Waals surface area contributed by atoms with Gasteiger partial charge in [0.2, 0.25) is 5.91 Å². The second-order valence-corrected chi connectivity index (χ2v) is 3.98. The van der Waals surface area contributed by atoms with Gasteiger partial charge in [0.15, 0.2) is 0 Å². The molecule has 1 amide bonds. The first-order valence-corrected chi connectivity index (χ1v) is 5.68. The Morgan fingerprint density at radius 3 is 2.59 bits per heavy atom. The van der Waals surface area contributed by atoms with E-state index < -0.39 is 0 Å². The first-order valence-electron chi connectivity index (χ1n) is 5.68. The van der Waals surface area contributed by atoms with Crippen molar-refractivity contribution in [3.8, 4) is 5.75 Å². The maximum Gasteiger partial charge on any atom is 0.234 e. The van der Waals surface area contributed by atoms with Gasteiger partial charge in [-0.15, -0.1) is 0 Å². The summed E-state index contributed by atoms with van der Waals surface area (Å²) in [7, 11) is 3.35. The number of methoxy groups -OCH3 is 1. The Morgan fingerprint density at radius 1 is 1.29 bits per heavy atom. The van der Waals surface area contributed by atoms with Crippen molar-refractivity contribution in [2.45, 2.75) is 26.7 Å². The molecule has 94 valence electrons. The fraction of sp³-hybridized carbons (Fsp3) is 0.462. The van der Waals surface area contributed by atoms with Crippen molar-refractivity contribution in [3.05, 3.63) is 28.8 Å². The SMILES string of the molecule is CNNC(=O)CCc1ccc(OC)c(C)c1C. The second-order valence-electron chi connectivity index (χ2n) is 3.98. The summed E-state index contributed by atoms with van der Waals surface area (Å²) < 4.78 is 5.26. The largest absolute Gasteiger partial charge is 0.496 e. The van der Waals surface area contributed by atoms with Crippen molar-refractivity contribution in [2.24, 2.45) is 0 Å². The molecule has 1 aromatic carbocycles. The minimum atomic E-state index is 0.000344. The Morgan fingerprint density at radius 2 is 2.00 bits per heavy atom. The summed E-state index contributed by atoms with van der Waals surface area (Å²) in [6.07, 6.45) is 1.22. The number of rotatable bonds is 5. The molecule has 0 aliphatic heterocycles. The number of carbonyl (C=O) groups excluding carboxylic acids is 1. The van der Waals surface area contributed by atoms with Crippen molar-refractivity contribution < 1.29 is 9.53 Å². The number of hydrazine groups is 1. The first kappa shape index (κ1) is 13.5. The van der Waals surface area contributed by atoms with Crippen molar-refractivity contribution in [3.63, 3.8) is 0 Å². The van der Waals surface area contributed by atoms with Crippen LogP contribution in [0.2, 0.25) is 0 Å². The smallest absolute Gasteiger partial charge is 0.234 e. The Hall–Kier alpha value is -1.55. The molecule has 17 heavy (non-hydrogen) atoms. The average Bonchev–Trinajstić information content (AvgIpc) is 2.31. The lowest BCUT2D eigenvalue weighted by Gasteiger charge is -2.12. The predicted molar refractivity (Wildman–Crippen MR) is 68.0 cm³/mol. The molecule has 0 saturated carbocycles. The third-order valence-electron chi connectivity index (χ3n) is 2.96. The van der Waals surface area contributed by atoms with Gasteiger partial charge in [-0.2, -0.15) is 0 Å². The van der Waals surface area contributed by atoms with Crippen LogP contribution in [0.4, 0.5) is 0 Å². The van der Waals surface area contributed by atoms with Crippen LogP contribution in [0.25, 0.3) is 0 Å². The minimum Gasteiger partial charge on any atom is -0.496 e. The summed E-state index contributed by atoms with van der Waals surface area (Å²) in [5.41, 5.74) is 8.71. The van der Waals surface area contributed by atoms with E-state index in [0.29, 0.717) is 6.42 Å². The molecule has 0 fully saturated rings. The number of hydrogen-bond acceptors (Lipinski definition) is 3. The van der Waals surface area contributed by atoms with E-state index in [1.165, 1.54) is 11.1 Å². The third-order valence-corrected chi connectivity index (χ3v) is 2.96. The van der Waals surface area contributed by atoms with Crippen LogP contribution in [0, 0.1) is 13.8 Å². The summed E-state index contributed by atoms with van der Waals surface area (Å²) in [6, 6.07) is 3.97. The summed E-state index contributed by atoms with van der Waals surface area (Å²) in [4.78, 5) is 11.3. The molecule has 0 aliphatic rings. The maximum absolute atomic E-state index is 11.3. The molecule has 0 atom stereocenters. The average molecular weight is 236 g/mol. The van der Waals surface area contributed by atoms with Crippen molar-refractivity contribution in [1.29, 1.82) is 0 Å². The second kappa shape index (κ2) is 6.25. The van der Waals surface area contributed by atoms with Crippen molar-refractivity contribution >= 4 is 5.91 Å². The van der Waals surface area contributed by atoms with E-state index in [1.807, 2.05) is 19.1 Å². The molecule has 0 bridgehead atoms. The molecule has 0 unspecified atom stereocenters. The lowest BCUT2D eigenvalue weighted by molar-refractivity contribution is -0.121. The van der Waals surface area contributed by atoms with Crippen molar-refractivity contribution in [2.75, 3.05) is 14.2 Å². The monoisotopic (exact) mass is 236 g/mol.